The summed E-state index contributed by atoms with van der Waals surface area (Å²) in [7, 11) is 0. The van der Waals surface area contributed by atoms with Crippen LogP contribution >= 0.6 is 24.8 Å². The second-order valence-corrected chi connectivity index (χ2v) is 3.68. The van der Waals surface area contributed by atoms with Gasteiger partial charge >= 0.3 is 0 Å². The zero-order valence-corrected chi connectivity index (χ0v) is 10.3. The maximum Gasteiger partial charge on any atom is 0.0359 e. The molecule has 4 heteroatoms. The monoisotopic (exact) mass is 248 g/mol. The number of para-hydroxylation sites is 1. The van der Waals surface area contributed by atoms with E-state index < -0.39 is 0 Å². The Labute approximate surface area is 104 Å². The zero-order valence-electron chi connectivity index (χ0n) is 8.69. The van der Waals surface area contributed by atoms with Gasteiger partial charge in [0.15, 0.2) is 0 Å². The van der Waals surface area contributed by atoms with Crippen LogP contribution in [0.5, 0.6) is 0 Å². The molecule has 0 amide bonds. The first-order valence-electron chi connectivity index (χ1n) is 4.92. The Morgan fingerprint density at radius 3 is 2.27 bits per heavy atom. The summed E-state index contributed by atoms with van der Waals surface area (Å²) in [5.74, 6) is 0. The third-order valence-corrected chi connectivity index (χ3v) is 2.65. The van der Waals surface area contributed by atoms with Crippen molar-refractivity contribution in [3.05, 3.63) is 29.8 Å². The van der Waals surface area contributed by atoms with Crippen molar-refractivity contribution in [1.82, 2.24) is 4.90 Å². The van der Waals surface area contributed by atoms with Crippen LogP contribution in [0.3, 0.4) is 0 Å². The Morgan fingerprint density at radius 2 is 1.67 bits per heavy atom. The third kappa shape index (κ3) is 3.90. The van der Waals surface area contributed by atoms with Crippen LogP contribution in [0.1, 0.15) is 18.4 Å². The first kappa shape index (κ1) is 14.6. The maximum absolute atomic E-state index is 5.87. The fourth-order valence-corrected chi connectivity index (χ4v) is 1.86. The van der Waals surface area contributed by atoms with Crippen LogP contribution in [0.25, 0.3) is 0 Å². The second kappa shape index (κ2) is 6.94. The molecule has 86 valence electrons. The standard InChI is InChI=1S/C11H16N2.2ClH/c12-11-6-2-1-5-10(11)9-13-7-3-4-8-13;;/h1-2,5-6H,3-4,7-9,12H2;2*1H. The molecule has 0 radical (unpaired) electrons. The van der Waals surface area contributed by atoms with Crippen molar-refractivity contribution in [2.45, 2.75) is 19.4 Å². The topological polar surface area (TPSA) is 29.3 Å². The number of anilines is 1. The van der Waals surface area contributed by atoms with Crippen molar-refractivity contribution in [2.24, 2.45) is 0 Å². The third-order valence-electron chi connectivity index (χ3n) is 2.65. The summed E-state index contributed by atoms with van der Waals surface area (Å²) in [5.41, 5.74) is 8.07. The van der Waals surface area contributed by atoms with Gasteiger partial charge in [-0.25, -0.2) is 0 Å². The SMILES string of the molecule is Cl.Cl.Nc1ccccc1CN1CCCC1. The highest BCUT2D eigenvalue weighted by atomic mass is 35.5. The minimum atomic E-state index is 0. The minimum absolute atomic E-state index is 0. The average Bonchev–Trinajstić information content (AvgIpc) is 2.61. The minimum Gasteiger partial charge on any atom is -0.398 e. The Bertz CT molecular complexity index is 286. The summed E-state index contributed by atoms with van der Waals surface area (Å²) in [6, 6.07) is 8.14. The van der Waals surface area contributed by atoms with Crippen molar-refractivity contribution in [3.8, 4) is 0 Å². The van der Waals surface area contributed by atoms with Crippen molar-refractivity contribution in [3.63, 3.8) is 0 Å². The fraction of sp³-hybridized carbons (Fsp3) is 0.455. The number of hydrogen-bond acceptors (Lipinski definition) is 2. The van der Waals surface area contributed by atoms with Crippen LogP contribution in [-0.4, -0.2) is 18.0 Å². The fourth-order valence-electron chi connectivity index (χ4n) is 1.86. The van der Waals surface area contributed by atoms with Crippen LogP contribution < -0.4 is 5.73 Å². The van der Waals surface area contributed by atoms with E-state index in [1.807, 2.05) is 12.1 Å². The summed E-state index contributed by atoms with van der Waals surface area (Å²) in [5, 5.41) is 0. The van der Waals surface area contributed by atoms with Gasteiger partial charge in [-0.3, -0.25) is 4.90 Å². The molecule has 2 rings (SSSR count). The molecule has 0 unspecified atom stereocenters. The smallest absolute Gasteiger partial charge is 0.0359 e. The van der Waals surface area contributed by atoms with E-state index in [9.17, 15) is 0 Å². The van der Waals surface area contributed by atoms with E-state index in [0.29, 0.717) is 0 Å². The van der Waals surface area contributed by atoms with Gasteiger partial charge in [-0.2, -0.15) is 0 Å². The van der Waals surface area contributed by atoms with Gasteiger partial charge in [-0.05, 0) is 37.6 Å². The Morgan fingerprint density at radius 1 is 1.07 bits per heavy atom. The summed E-state index contributed by atoms with van der Waals surface area (Å²) < 4.78 is 0. The summed E-state index contributed by atoms with van der Waals surface area (Å²) in [6.07, 6.45) is 2.68. The number of hydrogen-bond donors (Lipinski definition) is 1. The number of nitrogen functional groups attached to an aromatic ring is 1. The highest BCUT2D eigenvalue weighted by Gasteiger charge is 2.12. The molecule has 1 fully saturated rings. The molecule has 2 N–H and O–H groups in total. The lowest BCUT2D eigenvalue weighted by Crippen LogP contribution is -2.19. The Balaban J connectivity index is 0.000000980. The number of rotatable bonds is 2. The van der Waals surface area contributed by atoms with Crippen molar-refractivity contribution in [1.29, 1.82) is 0 Å². The van der Waals surface area contributed by atoms with Crippen LogP contribution in [0, 0.1) is 0 Å². The number of halogens is 2. The average molecular weight is 249 g/mol. The predicted molar refractivity (Wildman–Crippen MR) is 69.9 cm³/mol. The lowest BCUT2D eigenvalue weighted by molar-refractivity contribution is 0.332. The molecule has 1 aliphatic heterocycles. The van der Waals surface area contributed by atoms with Crippen molar-refractivity contribution >= 4 is 30.5 Å². The molecule has 1 aromatic rings. The molecule has 1 heterocycles. The number of nitrogens with two attached hydrogens (primary N) is 1. The quantitative estimate of drug-likeness (QED) is 0.816. The molecular formula is C11H18Cl2N2. The van der Waals surface area contributed by atoms with Crippen molar-refractivity contribution < 1.29 is 0 Å². The van der Waals surface area contributed by atoms with E-state index in [-0.39, 0.29) is 24.8 Å². The van der Waals surface area contributed by atoms with Gasteiger partial charge in [-0.15, -0.1) is 24.8 Å². The molecule has 0 bridgehead atoms. The van der Waals surface area contributed by atoms with Gasteiger partial charge in [0.05, 0.1) is 0 Å². The van der Waals surface area contributed by atoms with Gasteiger partial charge in [0.25, 0.3) is 0 Å². The molecule has 1 aromatic carbocycles. The first-order valence-corrected chi connectivity index (χ1v) is 4.92. The highest BCUT2D eigenvalue weighted by molar-refractivity contribution is 5.85. The molecule has 0 aromatic heterocycles. The van der Waals surface area contributed by atoms with Gasteiger partial charge < -0.3 is 5.73 Å². The van der Waals surface area contributed by atoms with Gasteiger partial charge in [-0.1, -0.05) is 18.2 Å². The molecule has 0 saturated carbocycles. The second-order valence-electron chi connectivity index (χ2n) is 3.68. The Hall–Kier alpha value is -0.440. The molecule has 15 heavy (non-hydrogen) atoms. The molecule has 2 nitrogen and oxygen atoms in total. The van der Waals surface area contributed by atoms with Crippen molar-refractivity contribution in [2.75, 3.05) is 18.8 Å². The van der Waals surface area contributed by atoms with Crippen LogP contribution in [-0.2, 0) is 6.54 Å². The van der Waals surface area contributed by atoms with Gasteiger partial charge in [0, 0.05) is 12.2 Å². The highest BCUT2D eigenvalue weighted by Crippen LogP contribution is 2.16. The van der Waals surface area contributed by atoms with Crippen LogP contribution in [0.15, 0.2) is 24.3 Å². The number of likely N-dealkylation sites (tertiary alicyclic amines) is 1. The lowest BCUT2D eigenvalue weighted by Gasteiger charge is -2.15. The molecule has 0 atom stereocenters. The molecule has 1 aliphatic rings. The normalized spacial score (nSPS) is 15.5. The van der Waals surface area contributed by atoms with E-state index in [1.165, 1.54) is 31.5 Å². The molecule has 0 spiro atoms. The van der Waals surface area contributed by atoms with Crippen LogP contribution in [0.4, 0.5) is 5.69 Å². The number of nitrogens with zero attached hydrogens (tertiary/aromatic N) is 1. The zero-order chi connectivity index (χ0) is 9.10. The lowest BCUT2D eigenvalue weighted by atomic mass is 10.2. The van der Waals surface area contributed by atoms with E-state index in [2.05, 4.69) is 17.0 Å². The van der Waals surface area contributed by atoms with E-state index >= 15 is 0 Å². The molecular weight excluding hydrogens is 231 g/mol. The first-order chi connectivity index (χ1) is 6.36. The van der Waals surface area contributed by atoms with Gasteiger partial charge in [0.1, 0.15) is 0 Å². The summed E-state index contributed by atoms with van der Waals surface area (Å²) >= 11 is 0. The predicted octanol–water partition coefficient (Wildman–Crippen LogP) is 2.71. The van der Waals surface area contributed by atoms with Crippen LogP contribution in [0.2, 0.25) is 0 Å². The largest absolute Gasteiger partial charge is 0.398 e. The van der Waals surface area contributed by atoms with E-state index in [0.717, 1.165) is 12.2 Å². The number of benzene rings is 1. The summed E-state index contributed by atoms with van der Waals surface area (Å²) in [6.45, 7) is 3.48. The van der Waals surface area contributed by atoms with E-state index in [4.69, 9.17) is 5.73 Å². The Kier molecular flexibility index (Phi) is 6.73. The molecule has 0 aliphatic carbocycles. The summed E-state index contributed by atoms with van der Waals surface area (Å²) in [4.78, 5) is 2.46. The van der Waals surface area contributed by atoms with Gasteiger partial charge in [0.2, 0.25) is 0 Å². The molecule has 1 saturated heterocycles. The van der Waals surface area contributed by atoms with E-state index in [1.54, 1.807) is 0 Å². The maximum atomic E-state index is 5.87.